The lowest BCUT2D eigenvalue weighted by atomic mass is 9.92. The molecule has 0 N–H and O–H groups in total. The molecule has 0 aliphatic heterocycles. The predicted octanol–water partition coefficient (Wildman–Crippen LogP) is 6.19. The highest BCUT2D eigenvalue weighted by Crippen LogP contribution is 2.33. The van der Waals surface area contributed by atoms with Crippen LogP contribution in [0.15, 0.2) is 36.4 Å². The number of carbonyl (C=O) groups excluding carboxylic acids is 1. The molecule has 0 heterocycles. The van der Waals surface area contributed by atoms with Crippen LogP contribution >= 0.6 is 46.4 Å². The number of rotatable bonds is 5. The van der Waals surface area contributed by atoms with E-state index in [1.54, 1.807) is 43.3 Å². The minimum atomic E-state index is -0.571. The van der Waals surface area contributed by atoms with E-state index in [-0.39, 0.29) is 12.6 Å². The Kier molecular flexibility index (Phi) is 6.60. The molecule has 0 bridgehead atoms. The van der Waals surface area contributed by atoms with Gasteiger partial charge in [0, 0.05) is 20.1 Å². The SMILES string of the molecule is CCOC(=O)[C@@H](Cc1ccc(Cl)cc1Cl)c1ccc(Cl)cc1Cl. The van der Waals surface area contributed by atoms with Gasteiger partial charge in [-0.15, -0.1) is 0 Å². The van der Waals surface area contributed by atoms with E-state index in [4.69, 9.17) is 51.1 Å². The van der Waals surface area contributed by atoms with Gasteiger partial charge in [-0.25, -0.2) is 0 Å². The maximum Gasteiger partial charge on any atom is 0.313 e. The number of esters is 1. The quantitative estimate of drug-likeness (QED) is 0.568. The first-order valence-corrected chi connectivity index (χ1v) is 8.49. The Balaban J connectivity index is 2.39. The van der Waals surface area contributed by atoms with Crippen LogP contribution in [0.25, 0.3) is 0 Å². The van der Waals surface area contributed by atoms with E-state index in [0.717, 1.165) is 5.56 Å². The van der Waals surface area contributed by atoms with E-state index in [1.807, 2.05) is 0 Å². The Bertz CT molecular complexity index is 716. The minimum Gasteiger partial charge on any atom is -0.466 e. The summed E-state index contributed by atoms with van der Waals surface area (Å²) in [5.41, 5.74) is 1.45. The Morgan fingerprint density at radius 3 is 2.17 bits per heavy atom. The van der Waals surface area contributed by atoms with Crippen LogP contribution in [0.3, 0.4) is 0 Å². The lowest BCUT2D eigenvalue weighted by Crippen LogP contribution is -2.19. The summed E-state index contributed by atoms with van der Waals surface area (Å²) in [6.45, 7) is 2.04. The van der Waals surface area contributed by atoms with Crippen molar-refractivity contribution in [3.05, 3.63) is 67.6 Å². The van der Waals surface area contributed by atoms with Crippen molar-refractivity contribution in [3.8, 4) is 0 Å². The summed E-state index contributed by atoms with van der Waals surface area (Å²) in [7, 11) is 0. The average Bonchev–Trinajstić information content (AvgIpc) is 2.47. The molecule has 0 saturated carbocycles. The summed E-state index contributed by atoms with van der Waals surface area (Å²) in [5.74, 6) is -0.930. The molecule has 6 heteroatoms. The first-order valence-electron chi connectivity index (χ1n) is 6.98. The third-order valence-corrected chi connectivity index (χ3v) is 4.50. The Hall–Kier alpha value is -0.930. The van der Waals surface area contributed by atoms with Crippen molar-refractivity contribution in [1.29, 1.82) is 0 Å². The summed E-state index contributed by atoms with van der Waals surface area (Å²) in [4.78, 5) is 12.4. The molecule has 23 heavy (non-hydrogen) atoms. The molecule has 2 aromatic rings. The van der Waals surface area contributed by atoms with Gasteiger partial charge in [-0.2, -0.15) is 0 Å². The highest BCUT2D eigenvalue weighted by molar-refractivity contribution is 6.35. The van der Waals surface area contributed by atoms with Crippen molar-refractivity contribution in [2.75, 3.05) is 6.61 Å². The molecule has 0 amide bonds. The average molecular weight is 392 g/mol. The molecule has 0 unspecified atom stereocenters. The normalized spacial score (nSPS) is 12.0. The number of hydrogen-bond donors (Lipinski definition) is 0. The minimum absolute atomic E-state index is 0.287. The zero-order valence-corrected chi connectivity index (χ0v) is 15.3. The first-order chi connectivity index (χ1) is 10.9. The summed E-state index contributed by atoms with van der Waals surface area (Å²) in [6.07, 6.45) is 0.357. The van der Waals surface area contributed by atoms with Gasteiger partial charge in [0.1, 0.15) is 0 Å². The van der Waals surface area contributed by atoms with Crippen LogP contribution in [0.2, 0.25) is 20.1 Å². The van der Waals surface area contributed by atoms with Crippen molar-refractivity contribution >= 4 is 52.4 Å². The Labute approximate surface area is 155 Å². The zero-order valence-electron chi connectivity index (χ0n) is 12.3. The molecule has 1 atom stereocenters. The van der Waals surface area contributed by atoms with Gasteiger partial charge in [-0.05, 0) is 48.7 Å². The summed E-state index contributed by atoms with van der Waals surface area (Å²) in [6, 6.07) is 10.2. The molecule has 0 spiro atoms. The number of benzene rings is 2. The van der Waals surface area contributed by atoms with Crippen molar-refractivity contribution in [2.24, 2.45) is 0 Å². The summed E-state index contributed by atoms with van der Waals surface area (Å²) < 4.78 is 5.18. The number of halogens is 4. The molecular formula is C17H14Cl4O2. The molecule has 0 aromatic heterocycles. The van der Waals surface area contributed by atoms with Crippen LogP contribution in [0, 0.1) is 0 Å². The van der Waals surface area contributed by atoms with Crippen LogP contribution in [0.1, 0.15) is 24.0 Å². The van der Waals surface area contributed by atoms with E-state index in [9.17, 15) is 4.79 Å². The molecule has 2 nitrogen and oxygen atoms in total. The Morgan fingerprint density at radius 1 is 1.00 bits per heavy atom. The lowest BCUT2D eigenvalue weighted by Gasteiger charge is -2.18. The van der Waals surface area contributed by atoms with E-state index in [0.29, 0.717) is 32.1 Å². The number of ether oxygens (including phenoxy) is 1. The third-order valence-electron chi connectivity index (χ3n) is 3.35. The van der Waals surface area contributed by atoms with Gasteiger partial charge in [0.05, 0.1) is 12.5 Å². The van der Waals surface area contributed by atoms with Gasteiger partial charge in [0.2, 0.25) is 0 Å². The standard InChI is InChI=1S/C17H14Cl4O2/c1-2-23-17(22)14(13-6-5-12(19)9-16(13)21)7-10-3-4-11(18)8-15(10)20/h3-6,8-9,14H,2,7H2,1H3/t14-/m0/s1. The van der Waals surface area contributed by atoms with Crippen LogP contribution in [-0.4, -0.2) is 12.6 Å². The van der Waals surface area contributed by atoms with E-state index < -0.39 is 5.92 Å². The van der Waals surface area contributed by atoms with Crippen molar-refractivity contribution in [3.63, 3.8) is 0 Å². The van der Waals surface area contributed by atoms with Crippen molar-refractivity contribution in [2.45, 2.75) is 19.3 Å². The number of carbonyl (C=O) groups is 1. The maximum absolute atomic E-state index is 12.4. The molecule has 0 radical (unpaired) electrons. The summed E-state index contributed by atoms with van der Waals surface area (Å²) >= 11 is 24.3. The van der Waals surface area contributed by atoms with Gasteiger partial charge in [-0.1, -0.05) is 58.5 Å². The van der Waals surface area contributed by atoms with E-state index in [1.165, 1.54) is 0 Å². The zero-order chi connectivity index (χ0) is 17.0. The number of hydrogen-bond acceptors (Lipinski definition) is 2. The van der Waals surface area contributed by atoms with Gasteiger partial charge in [-0.3, -0.25) is 4.79 Å². The fraction of sp³-hybridized carbons (Fsp3) is 0.235. The highest BCUT2D eigenvalue weighted by atomic mass is 35.5. The van der Waals surface area contributed by atoms with Crippen molar-refractivity contribution < 1.29 is 9.53 Å². The maximum atomic E-state index is 12.4. The lowest BCUT2D eigenvalue weighted by molar-refractivity contribution is -0.144. The van der Waals surface area contributed by atoms with Crippen LogP contribution in [0.5, 0.6) is 0 Å². The topological polar surface area (TPSA) is 26.3 Å². The molecular weight excluding hydrogens is 378 g/mol. The van der Waals surface area contributed by atoms with Crippen LogP contribution in [0.4, 0.5) is 0 Å². The molecule has 0 saturated heterocycles. The van der Waals surface area contributed by atoms with Gasteiger partial charge in [0.15, 0.2) is 0 Å². The first kappa shape index (κ1) is 18.4. The van der Waals surface area contributed by atoms with Crippen LogP contribution in [-0.2, 0) is 16.0 Å². The summed E-state index contributed by atoms with van der Waals surface area (Å²) in [5, 5.41) is 1.96. The molecule has 2 aromatic carbocycles. The second kappa shape index (κ2) is 8.25. The largest absolute Gasteiger partial charge is 0.466 e. The van der Waals surface area contributed by atoms with Gasteiger partial charge in [0.25, 0.3) is 0 Å². The molecule has 0 fully saturated rings. The van der Waals surface area contributed by atoms with E-state index in [2.05, 4.69) is 0 Å². The fourth-order valence-corrected chi connectivity index (χ4v) is 3.28. The monoisotopic (exact) mass is 390 g/mol. The van der Waals surface area contributed by atoms with Crippen molar-refractivity contribution in [1.82, 2.24) is 0 Å². The predicted molar refractivity (Wildman–Crippen MR) is 96.0 cm³/mol. The fourth-order valence-electron chi connectivity index (χ4n) is 2.25. The second-order valence-corrected chi connectivity index (χ2v) is 6.60. The van der Waals surface area contributed by atoms with Gasteiger partial charge < -0.3 is 4.74 Å². The molecule has 0 aliphatic rings. The van der Waals surface area contributed by atoms with Gasteiger partial charge >= 0.3 is 5.97 Å². The Morgan fingerprint density at radius 2 is 1.61 bits per heavy atom. The second-order valence-electron chi connectivity index (χ2n) is 4.91. The van der Waals surface area contributed by atoms with Crippen LogP contribution < -0.4 is 0 Å². The third kappa shape index (κ3) is 4.77. The molecule has 122 valence electrons. The highest BCUT2D eigenvalue weighted by Gasteiger charge is 2.25. The molecule has 0 aliphatic carbocycles. The molecule has 2 rings (SSSR count). The smallest absolute Gasteiger partial charge is 0.313 e. The van der Waals surface area contributed by atoms with E-state index >= 15 is 0 Å².